The Morgan fingerprint density at radius 1 is 0.808 bits per heavy atom. The maximum absolute atomic E-state index is 10.3. The van der Waals surface area contributed by atoms with Crippen molar-refractivity contribution < 1.29 is 5.11 Å². The summed E-state index contributed by atoms with van der Waals surface area (Å²) in [6.45, 7) is 2.06. The molecule has 0 fully saturated rings. The normalized spacial score (nSPS) is 10.3. The molecule has 1 heterocycles. The summed E-state index contributed by atoms with van der Waals surface area (Å²) in [5.74, 6) is 6.79. The van der Waals surface area contributed by atoms with Crippen molar-refractivity contribution >= 4 is 10.9 Å². The lowest BCUT2D eigenvalue weighted by Gasteiger charge is -2.10. The number of benzene rings is 3. The lowest BCUT2D eigenvalue weighted by atomic mass is 9.96. The quantitative estimate of drug-likeness (QED) is 0.478. The van der Waals surface area contributed by atoms with Gasteiger partial charge in [0.2, 0.25) is 0 Å². The number of aromatic hydroxyl groups is 1. The largest absolute Gasteiger partial charge is 0.507 e. The third kappa shape index (κ3) is 3.03. The molecule has 4 aromatic rings. The zero-order valence-corrected chi connectivity index (χ0v) is 14.4. The Balaban J connectivity index is 2.01. The standard InChI is InChI=1S/C24H17NO/c1-17-11-14-23-21(15-17)19(13-12-18-7-3-2-4-8-18)22(16-25-23)20-9-5-6-10-24(20)26/h2-11,14-16,26H,1H3. The zero-order chi connectivity index (χ0) is 17.9. The molecule has 0 aliphatic heterocycles. The minimum atomic E-state index is 0.226. The molecule has 1 N–H and O–H groups in total. The highest BCUT2D eigenvalue weighted by Gasteiger charge is 2.12. The van der Waals surface area contributed by atoms with Gasteiger partial charge in [0.15, 0.2) is 0 Å². The smallest absolute Gasteiger partial charge is 0.123 e. The van der Waals surface area contributed by atoms with E-state index in [-0.39, 0.29) is 5.75 Å². The van der Waals surface area contributed by atoms with E-state index in [4.69, 9.17) is 0 Å². The molecule has 0 radical (unpaired) electrons. The molecule has 0 saturated heterocycles. The lowest BCUT2D eigenvalue weighted by molar-refractivity contribution is 0.477. The molecular weight excluding hydrogens is 318 g/mol. The van der Waals surface area contributed by atoms with Crippen molar-refractivity contribution in [3.63, 3.8) is 0 Å². The molecule has 3 aromatic carbocycles. The van der Waals surface area contributed by atoms with Crippen LogP contribution < -0.4 is 0 Å². The van der Waals surface area contributed by atoms with Crippen LogP contribution in [0, 0.1) is 18.8 Å². The predicted molar refractivity (Wildman–Crippen MR) is 106 cm³/mol. The van der Waals surface area contributed by atoms with Gasteiger partial charge in [-0.3, -0.25) is 4.98 Å². The number of pyridine rings is 1. The summed E-state index contributed by atoms with van der Waals surface area (Å²) >= 11 is 0. The van der Waals surface area contributed by atoms with Crippen LogP contribution in [0.25, 0.3) is 22.0 Å². The number of aryl methyl sites for hydroxylation is 1. The number of rotatable bonds is 1. The summed E-state index contributed by atoms with van der Waals surface area (Å²) in [4.78, 5) is 4.58. The van der Waals surface area contributed by atoms with Crippen LogP contribution in [0.1, 0.15) is 16.7 Å². The van der Waals surface area contributed by atoms with Gasteiger partial charge in [0.25, 0.3) is 0 Å². The number of hydrogen-bond donors (Lipinski definition) is 1. The monoisotopic (exact) mass is 335 g/mol. The fraction of sp³-hybridized carbons (Fsp3) is 0.0417. The van der Waals surface area contributed by atoms with Crippen molar-refractivity contribution in [3.05, 3.63) is 95.7 Å². The highest BCUT2D eigenvalue weighted by molar-refractivity contribution is 5.93. The van der Waals surface area contributed by atoms with Gasteiger partial charge in [0.1, 0.15) is 5.75 Å². The van der Waals surface area contributed by atoms with Gasteiger partial charge in [-0.15, -0.1) is 0 Å². The zero-order valence-electron chi connectivity index (χ0n) is 14.4. The molecule has 124 valence electrons. The topological polar surface area (TPSA) is 33.1 Å². The Morgan fingerprint density at radius 2 is 1.58 bits per heavy atom. The van der Waals surface area contributed by atoms with Crippen molar-refractivity contribution in [1.29, 1.82) is 0 Å². The Kier molecular flexibility index (Phi) is 4.13. The number of phenols is 1. The highest BCUT2D eigenvalue weighted by atomic mass is 16.3. The van der Waals surface area contributed by atoms with E-state index in [0.717, 1.165) is 38.7 Å². The molecule has 0 aliphatic carbocycles. The molecule has 26 heavy (non-hydrogen) atoms. The fourth-order valence-corrected chi connectivity index (χ4v) is 3.00. The first-order valence-electron chi connectivity index (χ1n) is 8.47. The minimum absolute atomic E-state index is 0.226. The van der Waals surface area contributed by atoms with Gasteiger partial charge in [-0.2, -0.15) is 0 Å². The van der Waals surface area contributed by atoms with Gasteiger partial charge in [-0.05, 0) is 37.3 Å². The highest BCUT2D eigenvalue weighted by Crippen LogP contribution is 2.34. The van der Waals surface area contributed by atoms with Gasteiger partial charge in [-0.25, -0.2) is 0 Å². The maximum Gasteiger partial charge on any atom is 0.123 e. The number of phenolic OH excluding ortho intramolecular Hbond substituents is 1. The summed E-state index contributed by atoms with van der Waals surface area (Å²) in [6, 6.07) is 23.3. The van der Waals surface area contributed by atoms with Crippen LogP contribution in [0.4, 0.5) is 0 Å². The van der Waals surface area contributed by atoms with Gasteiger partial charge in [0.05, 0.1) is 5.52 Å². The SMILES string of the molecule is Cc1ccc2ncc(-c3ccccc3O)c(C#Cc3ccccc3)c2c1. The minimum Gasteiger partial charge on any atom is -0.507 e. The maximum atomic E-state index is 10.3. The molecule has 0 saturated carbocycles. The number of nitrogens with zero attached hydrogens (tertiary/aromatic N) is 1. The molecular formula is C24H17NO. The Labute approximate surface area is 152 Å². The van der Waals surface area contributed by atoms with Crippen LogP contribution in [0.2, 0.25) is 0 Å². The van der Waals surface area contributed by atoms with E-state index in [1.807, 2.05) is 60.7 Å². The number of hydrogen-bond acceptors (Lipinski definition) is 2. The summed E-state index contributed by atoms with van der Waals surface area (Å²) in [5, 5.41) is 11.3. The van der Waals surface area contributed by atoms with Gasteiger partial charge in [0, 0.05) is 33.8 Å². The first-order valence-corrected chi connectivity index (χ1v) is 8.47. The third-order valence-electron chi connectivity index (χ3n) is 4.32. The lowest BCUT2D eigenvalue weighted by Crippen LogP contribution is -1.92. The van der Waals surface area contributed by atoms with E-state index in [2.05, 4.69) is 29.8 Å². The second kappa shape index (κ2) is 6.74. The summed E-state index contributed by atoms with van der Waals surface area (Å²) in [6.07, 6.45) is 1.79. The molecule has 0 atom stereocenters. The number of fused-ring (bicyclic) bond motifs is 1. The van der Waals surface area contributed by atoms with E-state index in [9.17, 15) is 5.11 Å². The second-order valence-electron chi connectivity index (χ2n) is 6.20. The summed E-state index contributed by atoms with van der Waals surface area (Å²) in [5.41, 5.74) is 5.45. The second-order valence-corrected chi connectivity index (χ2v) is 6.20. The molecule has 0 unspecified atom stereocenters. The predicted octanol–water partition coefficient (Wildman–Crippen LogP) is 5.32. The van der Waals surface area contributed by atoms with E-state index >= 15 is 0 Å². The van der Waals surface area contributed by atoms with Crippen LogP contribution in [-0.2, 0) is 0 Å². The van der Waals surface area contributed by atoms with Crippen LogP contribution in [0.5, 0.6) is 5.75 Å². The Hall–Kier alpha value is -3.57. The van der Waals surface area contributed by atoms with Gasteiger partial charge < -0.3 is 5.11 Å². The van der Waals surface area contributed by atoms with Crippen LogP contribution in [0.3, 0.4) is 0 Å². The Morgan fingerprint density at radius 3 is 2.38 bits per heavy atom. The van der Waals surface area contributed by atoms with Gasteiger partial charge >= 0.3 is 0 Å². The van der Waals surface area contributed by atoms with Crippen LogP contribution in [0.15, 0.2) is 79.0 Å². The van der Waals surface area contributed by atoms with Crippen molar-refractivity contribution in [3.8, 4) is 28.7 Å². The molecule has 2 heteroatoms. The number of aromatic nitrogens is 1. The fourth-order valence-electron chi connectivity index (χ4n) is 3.00. The summed E-state index contributed by atoms with van der Waals surface area (Å²) in [7, 11) is 0. The molecule has 0 bridgehead atoms. The van der Waals surface area contributed by atoms with E-state index in [1.54, 1.807) is 12.3 Å². The van der Waals surface area contributed by atoms with Crippen molar-refractivity contribution in [2.75, 3.05) is 0 Å². The number of para-hydroxylation sites is 1. The van der Waals surface area contributed by atoms with E-state index in [1.165, 1.54) is 0 Å². The molecule has 2 nitrogen and oxygen atoms in total. The Bertz CT molecular complexity index is 1150. The van der Waals surface area contributed by atoms with Crippen molar-refractivity contribution in [2.45, 2.75) is 6.92 Å². The van der Waals surface area contributed by atoms with E-state index in [0.29, 0.717) is 0 Å². The van der Waals surface area contributed by atoms with Gasteiger partial charge in [-0.1, -0.05) is 59.9 Å². The average Bonchev–Trinajstić information content (AvgIpc) is 2.67. The molecule has 0 spiro atoms. The third-order valence-corrected chi connectivity index (χ3v) is 4.32. The van der Waals surface area contributed by atoms with Crippen molar-refractivity contribution in [1.82, 2.24) is 4.98 Å². The molecule has 0 amide bonds. The first kappa shape index (κ1) is 15.9. The summed E-state index contributed by atoms with van der Waals surface area (Å²) < 4.78 is 0. The molecule has 1 aromatic heterocycles. The first-order chi connectivity index (χ1) is 12.7. The average molecular weight is 335 g/mol. The molecule has 0 aliphatic rings. The molecule has 4 rings (SSSR count). The van der Waals surface area contributed by atoms with Crippen LogP contribution >= 0.6 is 0 Å². The van der Waals surface area contributed by atoms with Crippen LogP contribution in [-0.4, -0.2) is 10.1 Å². The van der Waals surface area contributed by atoms with Crippen molar-refractivity contribution in [2.24, 2.45) is 0 Å². The van der Waals surface area contributed by atoms with E-state index < -0.39 is 0 Å².